The van der Waals surface area contributed by atoms with Crippen molar-refractivity contribution in [1.82, 2.24) is 14.6 Å². The van der Waals surface area contributed by atoms with Gasteiger partial charge in [0, 0.05) is 5.56 Å². The fraction of sp³-hybridized carbons (Fsp3) is 0.480. The first-order valence-electron chi connectivity index (χ1n) is 11.3. The molecule has 4 rings (SSSR count). The van der Waals surface area contributed by atoms with E-state index in [4.69, 9.17) is 4.74 Å². The highest BCUT2D eigenvalue weighted by atomic mass is 19.4. The number of nitrogens with zero attached hydrogens (tertiary/aromatic N) is 3. The second kappa shape index (κ2) is 8.80. The fourth-order valence-electron chi connectivity index (χ4n) is 4.63. The zero-order chi connectivity index (χ0) is 23.9. The van der Waals surface area contributed by atoms with Crippen molar-refractivity contribution in [2.24, 2.45) is 17.8 Å². The van der Waals surface area contributed by atoms with Crippen molar-refractivity contribution in [3.63, 3.8) is 0 Å². The lowest BCUT2D eigenvalue weighted by Gasteiger charge is -2.36. The Morgan fingerprint density at radius 2 is 1.88 bits per heavy atom. The summed E-state index contributed by atoms with van der Waals surface area (Å²) in [6.45, 7) is 8.21. The third-order valence-electron chi connectivity index (χ3n) is 6.55. The summed E-state index contributed by atoms with van der Waals surface area (Å²) in [7, 11) is 0. The molecule has 8 heteroatoms. The van der Waals surface area contributed by atoms with Crippen molar-refractivity contribution < 1.29 is 22.7 Å². The van der Waals surface area contributed by atoms with Gasteiger partial charge in [-0.2, -0.15) is 18.3 Å². The molecule has 0 bridgehead atoms. The van der Waals surface area contributed by atoms with E-state index in [1.54, 1.807) is 24.3 Å². The molecule has 5 nitrogen and oxygen atoms in total. The molecular formula is C25H28F3N3O2. The number of ether oxygens (including phenoxy) is 1. The van der Waals surface area contributed by atoms with Crippen LogP contribution in [-0.4, -0.2) is 26.7 Å². The van der Waals surface area contributed by atoms with E-state index in [9.17, 15) is 18.0 Å². The Kier molecular flexibility index (Phi) is 6.20. The first-order chi connectivity index (χ1) is 15.5. The van der Waals surface area contributed by atoms with Crippen molar-refractivity contribution >= 4 is 11.6 Å². The van der Waals surface area contributed by atoms with Gasteiger partial charge in [-0.25, -0.2) is 14.3 Å². The van der Waals surface area contributed by atoms with Gasteiger partial charge in [-0.1, -0.05) is 57.0 Å². The molecule has 2 heterocycles. The Bertz CT molecular complexity index is 1150. The monoisotopic (exact) mass is 459 g/mol. The van der Waals surface area contributed by atoms with Crippen LogP contribution >= 0.6 is 0 Å². The average molecular weight is 460 g/mol. The standard InChI is InChI=1S/C25H28F3N3O2/c1-14(2)18-10-7-16(4)11-21(18)33-24(32)19-13-29-31-22(25(26,27)28)12-20(30-23(19)31)17-8-5-15(3)6-9-17/h5-6,8-9,12-14,16,18,21H,7,10-11H2,1-4H3. The van der Waals surface area contributed by atoms with Crippen molar-refractivity contribution in [3.8, 4) is 11.3 Å². The number of hydrogen-bond acceptors (Lipinski definition) is 4. The smallest absolute Gasteiger partial charge is 0.433 e. The summed E-state index contributed by atoms with van der Waals surface area (Å²) in [6.07, 6.45) is -1.06. The number of halogens is 3. The maximum atomic E-state index is 13.8. The molecule has 0 saturated heterocycles. The van der Waals surface area contributed by atoms with E-state index in [2.05, 4.69) is 30.9 Å². The van der Waals surface area contributed by atoms with Crippen molar-refractivity contribution in [2.75, 3.05) is 0 Å². The van der Waals surface area contributed by atoms with Crippen LogP contribution in [0, 0.1) is 24.7 Å². The maximum Gasteiger partial charge on any atom is 0.433 e. The fourth-order valence-corrected chi connectivity index (χ4v) is 4.63. The molecule has 0 radical (unpaired) electrons. The van der Waals surface area contributed by atoms with E-state index in [0.717, 1.165) is 37.1 Å². The van der Waals surface area contributed by atoms with Gasteiger partial charge in [0.2, 0.25) is 0 Å². The van der Waals surface area contributed by atoms with Crippen LogP contribution in [0.3, 0.4) is 0 Å². The molecule has 1 aliphatic carbocycles. The number of carbonyl (C=O) groups is 1. The van der Waals surface area contributed by atoms with Crippen LogP contribution in [0.5, 0.6) is 0 Å². The number of alkyl halides is 3. The van der Waals surface area contributed by atoms with Gasteiger partial charge in [-0.3, -0.25) is 0 Å². The highest BCUT2D eigenvalue weighted by Crippen LogP contribution is 2.37. The number of rotatable bonds is 4. The largest absolute Gasteiger partial charge is 0.458 e. The average Bonchev–Trinajstić information content (AvgIpc) is 3.16. The molecule has 2 aromatic heterocycles. The quantitative estimate of drug-likeness (QED) is 0.427. The van der Waals surface area contributed by atoms with Crippen molar-refractivity contribution in [1.29, 1.82) is 0 Å². The Hall–Kier alpha value is -2.90. The van der Waals surface area contributed by atoms with Gasteiger partial charge < -0.3 is 4.74 Å². The van der Waals surface area contributed by atoms with Gasteiger partial charge >= 0.3 is 12.1 Å². The van der Waals surface area contributed by atoms with Crippen LogP contribution in [0.2, 0.25) is 0 Å². The number of benzene rings is 1. The predicted octanol–water partition coefficient (Wildman–Crippen LogP) is 6.34. The number of aryl methyl sites for hydroxylation is 1. The molecule has 3 atom stereocenters. The maximum absolute atomic E-state index is 13.8. The summed E-state index contributed by atoms with van der Waals surface area (Å²) in [6, 6.07) is 7.97. The van der Waals surface area contributed by atoms with Gasteiger partial charge in [-0.15, -0.1) is 0 Å². The lowest BCUT2D eigenvalue weighted by atomic mass is 9.75. The Balaban J connectivity index is 1.75. The van der Waals surface area contributed by atoms with E-state index in [0.29, 0.717) is 21.9 Å². The number of esters is 1. The highest BCUT2D eigenvalue weighted by Gasteiger charge is 2.37. The van der Waals surface area contributed by atoms with E-state index in [1.165, 1.54) is 0 Å². The molecule has 3 unspecified atom stereocenters. The van der Waals surface area contributed by atoms with E-state index >= 15 is 0 Å². The summed E-state index contributed by atoms with van der Waals surface area (Å²) >= 11 is 0. The minimum Gasteiger partial charge on any atom is -0.458 e. The molecule has 0 spiro atoms. The predicted molar refractivity (Wildman–Crippen MR) is 119 cm³/mol. The molecule has 1 aliphatic rings. The second-order valence-corrected chi connectivity index (χ2v) is 9.45. The molecule has 33 heavy (non-hydrogen) atoms. The SMILES string of the molecule is Cc1ccc(-c2cc(C(F)(F)F)n3ncc(C(=O)OC4CC(C)CCC4C(C)C)c3n2)cc1. The zero-order valence-electron chi connectivity index (χ0n) is 19.2. The van der Waals surface area contributed by atoms with Gasteiger partial charge in [0.1, 0.15) is 11.7 Å². The molecule has 1 saturated carbocycles. The highest BCUT2D eigenvalue weighted by molar-refractivity contribution is 5.96. The summed E-state index contributed by atoms with van der Waals surface area (Å²) < 4.78 is 48.1. The number of carbonyl (C=O) groups excluding carboxylic acids is 1. The van der Waals surface area contributed by atoms with E-state index < -0.39 is 17.8 Å². The molecular weight excluding hydrogens is 431 g/mol. The Morgan fingerprint density at radius 1 is 1.18 bits per heavy atom. The molecule has 176 valence electrons. The third-order valence-corrected chi connectivity index (χ3v) is 6.55. The van der Waals surface area contributed by atoms with Crippen LogP contribution < -0.4 is 0 Å². The van der Waals surface area contributed by atoms with Gasteiger partial charge in [0.05, 0.1) is 11.9 Å². The first kappa shape index (κ1) is 23.3. The minimum absolute atomic E-state index is 0.0600. The minimum atomic E-state index is -4.67. The van der Waals surface area contributed by atoms with Crippen LogP contribution in [0.1, 0.15) is 61.6 Å². The molecule has 0 amide bonds. The van der Waals surface area contributed by atoms with Crippen molar-refractivity contribution in [2.45, 2.75) is 59.2 Å². The van der Waals surface area contributed by atoms with Crippen molar-refractivity contribution in [3.05, 3.63) is 53.3 Å². The van der Waals surface area contributed by atoms with Crippen LogP contribution in [0.4, 0.5) is 13.2 Å². The Morgan fingerprint density at radius 3 is 2.52 bits per heavy atom. The first-order valence-corrected chi connectivity index (χ1v) is 11.3. The van der Waals surface area contributed by atoms with Gasteiger partial charge in [0.25, 0.3) is 0 Å². The summed E-state index contributed by atoms with van der Waals surface area (Å²) in [4.78, 5) is 17.5. The van der Waals surface area contributed by atoms with Crippen LogP contribution in [-0.2, 0) is 10.9 Å². The molecule has 0 N–H and O–H groups in total. The molecule has 1 aromatic carbocycles. The second-order valence-electron chi connectivity index (χ2n) is 9.45. The summed E-state index contributed by atoms with van der Waals surface area (Å²) in [5.74, 6) is 0.289. The third kappa shape index (κ3) is 4.75. The van der Waals surface area contributed by atoms with Gasteiger partial charge in [0.15, 0.2) is 11.3 Å². The zero-order valence-corrected chi connectivity index (χ0v) is 19.2. The van der Waals surface area contributed by atoms with Crippen LogP contribution in [0.15, 0.2) is 36.5 Å². The van der Waals surface area contributed by atoms with E-state index in [-0.39, 0.29) is 28.9 Å². The molecule has 1 fully saturated rings. The normalized spacial score (nSPS) is 21.5. The number of aromatic nitrogens is 3. The number of fused-ring (bicyclic) bond motifs is 1. The summed E-state index contributed by atoms with van der Waals surface area (Å²) in [5, 5.41) is 3.85. The molecule has 3 aromatic rings. The van der Waals surface area contributed by atoms with E-state index in [1.807, 2.05) is 6.92 Å². The summed E-state index contributed by atoms with van der Waals surface area (Å²) in [5.41, 5.74) is 0.413. The lowest BCUT2D eigenvalue weighted by molar-refractivity contribution is -0.142. The number of hydrogen-bond donors (Lipinski definition) is 0. The van der Waals surface area contributed by atoms with Crippen LogP contribution in [0.25, 0.3) is 16.9 Å². The topological polar surface area (TPSA) is 56.5 Å². The van der Waals surface area contributed by atoms with Gasteiger partial charge in [-0.05, 0) is 43.6 Å². The lowest BCUT2D eigenvalue weighted by Crippen LogP contribution is -2.35. The Labute approximate surface area is 191 Å². The molecule has 0 aliphatic heterocycles.